The Morgan fingerprint density at radius 3 is 3.00 bits per heavy atom. The smallest absolute Gasteiger partial charge is 0.337 e. The zero-order valence-electron chi connectivity index (χ0n) is 11.6. The summed E-state index contributed by atoms with van der Waals surface area (Å²) in [5, 5.41) is 9.28. The average molecular weight is 276 g/mol. The van der Waals surface area contributed by atoms with Crippen LogP contribution in [0.3, 0.4) is 0 Å². The van der Waals surface area contributed by atoms with Gasteiger partial charge in [0, 0.05) is 17.9 Å². The third kappa shape index (κ3) is 2.12. The number of aryl methyl sites for hydroxylation is 1. The predicted molar refractivity (Wildman–Crippen MR) is 77.3 cm³/mol. The molecule has 1 heterocycles. The topological polar surface area (TPSA) is 75.8 Å². The Labute approximate surface area is 118 Å². The van der Waals surface area contributed by atoms with Crippen molar-refractivity contribution >= 4 is 17.3 Å². The molecule has 1 aliphatic heterocycles. The maximum atomic E-state index is 11.3. The zero-order valence-corrected chi connectivity index (χ0v) is 11.6. The molecule has 20 heavy (non-hydrogen) atoms. The number of rotatable bonds is 2. The summed E-state index contributed by atoms with van der Waals surface area (Å²) < 4.78 is 5.80. The molecule has 2 aliphatic rings. The summed E-state index contributed by atoms with van der Waals surface area (Å²) in [6.45, 7) is 3.37. The summed E-state index contributed by atoms with van der Waals surface area (Å²) >= 11 is 0. The fraction of sp³-hybridized carbons (Fsp3) is 0.533. The van der Waals surface area contributed by atoms with E-state index in [0.717, 1.165) is 30.6 Å². The standard InChI is InChI=1S/C15H20N2O3/c1-9-7-10(8-11(14(9)16)15(18)19)17-5-6-20-13-4-2-3-12(13)17/h7-8,12-13H,2-6,16H2,1H3,(H,18,19). The number of benzene rings is 1. The van der Waals surface area contributed by atoms with Crippen LogP contribution in [0.2, 0.25) is 0 Å². The first-order valence-corrected chi connectivity index (χ1v) is 7.09. The Bertz CT molecular complexity index is 544. The maximum Gasteiger partial charge on any atom is 0.337 e. The SMILES string of the molecule is Cc1cc(N2CCOC3CCCC32)cc(C(=O)O)c1N. The molecule has 0 bridgehead atoms. The highest BCUT2D eigenvalue weighted by molar-refractivity contribution is 5.95. The van der Waals surface area contributed by atoms with Gasteiger partial charge < -0.3 is 20.5 Å². The molecular formula is C15H20N2O3. The Morgan fingerprint density at radius 1 is 1.45 bits per heavy atom. The van der Waals surface area contributed by atoms with Crippen LogP contribution in [0.4, 0.5) is 11.4 Å². The molecule has 1 saturated carbocycles. The monoisotopic (exact) mass is 276 g/mol. The molecule has 5 heteroatoms. The number of morpholine rings is 1. The number of anilines is 2. The number of aromatic carboxylic acids is 1. The van der Waals surface area contributed by atoms with Gasteiger partial charge in [0.15, 0.2) is 0 Å². The van der Waals surface area contributed by atoms with Crippen molar-refractivity contribution in [1.29, 1.82) is 0 Å². The molecule has 0 aromatic heterocycles. The third-order valence-electron chi connectivity index (χ3n) is 4.42. The molecule has 1 aromatic carbocycles. The first-order chi connectivity index (χ1) is 9.58. The van der Waals surface area contributed by atoms with Gasteiger partial charge in [-0.2, -0.15) is 0 Å². The number of nitrogens with zero attached hydrogens (tertiary/aromatic N) is 1. The number of ether oxygens (including phenoxy) is 1. The summed E-state index contributed by atoms with van der Waals surface area (Å²) in [6, 6.07) is 4.06. The van der Waals surface area contributed by atoms with Crippen molar-refractivity contribution in [3.05, 3.63) is 23.3 Å². The van der Waals surface area contributed by atoms with Crippen LogP contribution in [0.1, 0.15) is 35.2 Å². The summed E-state index contributed by atoms with van der Waals surface area (Å²) in [5.74, 6) is -0.969. The van der Waals surface area contributed by atoms with Gasteiger partial charge in [-0.05, 0) is 43.9 Å². The highest BCUT2D eigenvalue weighted by Crippen LogP contribution is 2.35. The first kappa shape index (κ1) is 13.2. The largest absolute Gasteiger partial charge is 0.478 e. The summed E-state index contributed by atoms with van der Waals surface area (Å²) in [4.78, 5) is 13.6. The Morgan fingerprint density at radius 2 is 2.25 bits per heavy atom. The van der Waals surface area contributed by atoms with Crippen molar-refractivity contribution in [1.82, 2.24) is 0 Å². The number of nitrogen functional groups attached to an aromatic ring is 1. The number of hydrogen-bond donors (Lipinski definition) is 2. The number of nitrogens with two attached hydrogens (primary N) is 1. The van der Waals surface area contributed by atoms with Crippen LogP contribution in [-0.4, -0.2) is 36.4 Å². The Kier molecular flexibility index (Phi) is 3.30. The second-order valence-electron chi connectivity index (χ2n) is 5.63. The quantitative estimate of drug-likeness (QED) is 0.808. The molecule has 1 aromatic rings. The van der Waals surface area contributed by atoms with E-state index in [4.69, 9.17) is 10.5 Å². The normalized spacial score (nSPS) is 25.6. The zero-order chi connectivity index (χ0) is 14.3. The van der Waals surface area contributed by atoms with Crippen LogP contribution in [0.25, 0.3) is 0 Å². The lowest BCUT2D eigenvalue weighted by Crippen LogP contribution is -2.48. The van der Waals surface area contributed by atoms with E-state index in [-0.39, 0.29) is 11.7 Å². The van der Waals surface area contributed by atoms with E-state index in [1.54, 1.807) is 6.07 Å². The molecule has 3 N–H and O–H groups in total. The number of carboxylic acids is 1. The van der Waals surface area contributed by atoms with Crippen LogP contribution in [0.5, 0.6) is 0 Å². The minimum absolute atomic E-state index is 0.195. The molecule has 0 radical (unpaired) electrons. The van der Waals surface area contributed by atoms with E-state index in [1.807, 2.05) is 13.0 Å². The fourth-order valence-corrected chi connectivity index (χ4v) is 3.37. The average Bonchev–Trinajstić information content (AvgIpc) is 2.89. The highest BCUT2D eigenvalue weighted by atomic mass is 16.5. The van der Waals surface area contributed by atoms with Gasteiger partial charge in [0.25, 0.3) is 0 Å². The molecule has 108 valence electrons. The molecule has 2 atom stereocenters. The van der Waals surface area contributed by atoms with Crippen molar-refractivity contribution in [3.63, 3.8) is 0 Å². The van der Waals surface area contributed by atoms with Crippen LogP contribution in [0.15, 0.2) is 12.1 Å². The van der Waals surface area contributed by atoms with Crippen molar-refractivity contribution < 1.29 is 14.6 Å². The van der Waals surface area contributed by atoms with Gasteiger partial charge in [-0.25, -0.2) is 4.79 Å². The molecule has 0 amide bonds. The van der Waals surface area contributed by atoms with Crippen molar-refractivity contribution in [3.8, 4) is 0 Å². The molecule has 1 aliphatic carbocycles. The minimum atomic E-state index is -0.969. The number of fused-ring (bicyclic) bond motifs is 1. The van der Waals surface area contributed by atoms with Crippen LogP contribution in [-0.2, 0) is 4.74 Å². The third-order valence-corrected chi connectivity index (χ3v) is 4.42. The molecule has 2 unspecified atom stereocenters. The van der Waals surface area contributed by atoms with Crippen molar-refractivity contribution in [2.45, 2.75) is 38.3 Å². The van der Waals surface area contributed by atoms with Crippen molar-refractivity contribution in [2.75, 3.05) is 23.8 Å². The molecular weight excluding hydrogens is 256 g/mol. The van der Waals surface area contributed by atoms with Gasteiger partial charge >= 0.3 is 5.97 Å². The lowest BCUT2D eigenvalue weighted by Gasteiger charge is -2.39. The number of carboxylic acid groups (broad SMARTS) is 1. The van der Waals surface area contributed by atoms with Gasteiger partial charge in [0.05, 0.1) is 24.3 Å². The van der Waals surface area contributed by atoms with E-state index in [2.05, 4.69) is 4.90 Å². The van der Waals surface area contributed by atoms with E-state index < -0.39 is 5.97 Å². The number of hydrogen-bond acceptors (Lipinski definition) is 4. The summed E-state index contributed by atoms with van der Waals surface area (Å²) in [5.41, 5.74) is 8.19. The fourth-order valence-electron chi connectivity index (χ4n) is 3.37. The number of carbonyl (C=O) groups is 1. The van der Waals surface area contributed by atoms with E-state index >= 15 is 0 Å². The molecule has 5 nitrogen and oxygen atoms in total. The van der Waals surface area contributed by atoms with Gasteiger partial charge in [-0.3, -0.25) is 0 Å². The summed E-state index contributed by atoms with van der Waals surface area (Å²) in [6.07, 6.45) is 3.66. The lowest BCUT2D eigenvalue weighted by atomic mass is 10.0. The predicted octanol–water partition coefficient (Wildman–Crippen LogP) is 2.03. The van der Waals surface area contributed by atoms with E-state index in [9.17, 15) is 9.90 Å². The second-order valence-corrected chi connectivity index (χ2v) is 5.63. The van der Waals surface area contributed by atoms with E-state index in [0.29, 0.717) is 18.3 Å². The van der Waals surface area contributed by atoms with Gasteiger partial charge in [-0.1, -0.05) is 0 Å². The van der Waals surface area contributed by atoms with Gasteiger partial charge in [0.2, 0.25) is 0 Å². The molecule has 1 saturated heterocycles. The lowest BCUT2D eigenvalue weighted by molar-refractivity contribution is 0.0256. The van der Waals surface area contributed by atoms with Gasteiger partial charge in [0.1, 0.15) is 0 Å². The molecule has 3 rings (SSSR count). The Balaban J connectivity index is 1.99. The molecule has 0 spiro atoms. The first-order valence-electron chi connectivity index (χ1n) is 7.09. The highest BCUT2D eigenvalue weighted by Gasteiger charge is 2.36. The Hall–Kier alpha value is -1.75. The van der Waals surface area contributed by atoms with Crippen LogP contribution >= 0.6 is 0 Å². The second kappa shape index (κ2) is 4.98. The van der Waals surface area contributed by atoms with Crippen LogP contribution in [0, 0.1) is 6.92 Å². The minimum Gasteiger partial charge on any atom is -0.478 e. The maximum absolute atomic E-state index is 11.3. The summed E-state index contributed by atoms with van der Waals surface area (Å²) in [7, 11) is 0. The van der Waals surface area contributed by atoms with Crippen molar-refractivity contribution in [2.24, 2.45) is 0 Å². The van der Waals surface area contributed by atoms with E-state index in [1.165, 1.54) is 6.42 Å². The molecule has 2 fully saturated rings. The van der Waals surface area contributed by atoms with Gasteiger partial charge in [-0.15, -0.1) is 0 Å². The van der Waals surface area contributed by atoms with Crippen LogP contribution < -0.4 is 10.6 Å².